The predicted molar refractivity (Wildman–Crippen MR) is 95.8 cm³/mol. The van der Waals surface area contributed by atoms with E-state index in [1.807, 2.05) is 25.1 Å². The van der Waals surface area contributed by atoms with Crippen molar-refractivity contribution in [1.82, 2.24) is 25.0 Å². The maximum absolute atomic E-state index is 12.7. The molecule has 1 saturated carbocycles. The van der Waals surface area contributed by atoms with E-state index in [0.717, 1.165) is 37.1 Å². The summed E-state index contributed by atoms with van der Waals surface area (Å²) in [4.78, 5) is 19.6. The van der Waals surface area contributed by atoms with Crippen LogP contribution in [0.25, 0.3) is 5.82 Å². The van der Waals surface area contributed by atoms with Crippen molar-refractivity contribution in [3.05, 3.63) is 41.9 Å². The standard InChI is InChI=1S/C19H25N5O/c1-2-17-16(12-22-24(17)18-5-3-4-9-20-18)19(25)21-11-14-8-10-23(13-14)15-6-7-15/h3-5,9,12,14-15H,2,6-8,10-11,13H2,1H3,(H,21,25). The molecule has 0 radical (unpaired) electrons. The summed E-state index contributed by atoms with van der Waals surface area (Å²) >= 11 is 0. The van der Waals surface area contributed by atoms with Gasteiger partial charge in [-0.25, -0.2) is 9.67 Å². The van der Waals surface area contributed by atoms with Crippen molar-refractivity contribution in [2.24, 2.45) is 5.92 Å². The van der Waals surface area contributed by atoms with Gasteiger partial charge < -0.3 is 10.2 Å². The van der Waals surface area contributed by atoms with E-state index < -0.39 is 0 Å². The fourth-order valence-corrected chi connectivity index (χ4v) is 3.71. The molecule has 3 heterocycles. The number of carbonyl (C=O) groups is 1. The molecule has 1 aliphatic carbocycles. The van der Waals surface area contributed by atoms with Gasteiger partial charge in [-0.05, 0) is 50.3 Å². The first-order valence-corrected chi connectivity index (χ1v) is 9.26. The molecule has 0 aromatic carbocycles. The molecule has 1 unspecified atom stereocenters. The molecule has 2 aromatic rings. The van der Waals surface area contributed by atoms with Gasteiger partial charge in [-0.2, -0.15) is 5.10 Å². The van der Waals surface area contributed by atoms with E-state index in [1.165, 1.54) is 25.8 Å². The molecule has 1 N–H and O–H groups in total. The number of nitrogens with one attached hydrogen (secondary N) is 1. The first-order chi connectivity index (χ1) is 12.3. The third-order valence-corrected chi connectivity index (χ3v) is 5.25. The first kappa shape index (κ1) is 16.3. The normalized spacial score (nSPS) is 20.8. The molecule has 1 amide bonds. The van der Waals surface area contributed by atoms with Gasteiger partial charge in [0.25, 0.3) is 5.91 Å². The molecular formula is C19H25N5O. The number of carbonyl (C=O) groups excluding carboxylic acids is 1. The van der Waals surface area contributed by atoms with Crippen LogP contribution in [0.2, 0.25) is 0 Å². The van der Waals surface area contributed by atoms with E-state index >= 15 is 0 Å². The van der Waals surface area contributed by atoms with Crippen molar-refractivity contribution in [2.75, 3.05) is 19.6 Å². The smallest absolute Gasteiger partial charge is 0.254 e. The molecule has 2 aromatic heterocycles. The summed E-state index contributed by atoms with van der Waals surface area (Å²) in [5, 5.41) is 7.51. The topological polar surface area (TPSA) is 63.1 Å². The maximum Gasteiger partial charge on any atom is 0.254 e. The van der Waals surface area contributed by atoms with Crippen molar-refractivity contribution < 1.29 is 4.79 Å². The Hall–Kier alpha value is -2.21. The van der Waals surface area contributed by atoms with E-state index in [9.17, 15) is 4.79 Å². The Balaban J connectivity index is 1.41. The van der Waals surface area contributed by atoms with E-state index in [0.29, 0.717) is 11.5 Å². The van der Waals surface area contributed by atoms with Crippen LogP contribution in [0.3, 0.4) is 0 Å². The van der Waals surface area contributed by atoms with Gasteiger partial charge in [-0.3, -0.25) is 4.79 Å². The Bertz CT molecular complexity index is 738. The quantitative estimate of drug-likeness (QED) is 0.875. The van der Waals surface area contributed by atoms with Gasteiger partial charge in [0.1, 0.15) is 0 Å². The second-order valence-electron chi connectivity index (χ2n) is 7.05. The summed E-state index contributed by atoms with van der Waals surface area (Å²) in [5.41, 5.74) is 1.56. The van der Waals surface area contributed by atoms with Crippen molar-refractivity contribution in [3.63, 3.8) is 0 Å². The number of likely N-dealkylation sites (tertiary alicyclic amines) is 1. The van der Waals surface area contributed by atoms with Crippen LogP contribution >= 0.6 is 0 Å². The Labute approximate surface area is 148 Å². The van der Waals surface area contributed by atoms with Gasteiger partial charge in [0.15, 0.2) is 5.82 Å². The summed E-state index contributed by atoms with van der Waals surface area (Å²) in [5.74, 6) is 1.29. The maximum atomic E-state index is 12.7. The minimum Gasteiger partial charge on any atom is -0.352 e. The lowest BCUT2D eigenvalue weighted by atomic mass is 10.1. The second-order valence-corrected chi connectivity index (χ2v) is 7.05. The molecule has 25 heavy (non-hydrogen) atoms. The summed E-state index contributed by atoms with van der Waals surface area (Å²) in [7, 11) is 0. The predicted octanol–water partition coefficient (Wildman–Crippen LogP) is 2.04. The lowest BCUT2D eigenvalue weighted by Gasteiger charge is -2.15. The third kappa shape index (κ3) is 3.44. The number of nitrogens with zero attached hydrogens (tertiary/aromatic N) is 4. The van der Waals surface area contributed by atoms with Crippen LogP contribution in [0, 0.1) is 5.92 Å². The van der Waals surface area contributed by atoms with Gasteiger partial charge in [0, 0.05) is 25.3 Å². The minimum atomic E-state index is -0.0242. The molecule has 1 aliphatic heterocycles. The molecule has 4 rings (SSSR count). The fourth-order valence-electron chi connectivity index (χ4n) is 3.71. The number of amides is 1. The molecule has 6 nitrogen and oxygen atoms in total. The highest BCUT2D eigenvalue weighted by Gasteiger charge is 2.34. The van der Waals surface area contributed by atoms with Crippen molar-refractivity contribution in [1.29, 1.82) is 0 Å². The highest BCUT2D eigenvalue weighted by molar-refractivity contribution is 5.95. The van der Waals surface area contributed by atoms with E-state index in [2.05, 4.69) is 20.3 Å². The van der Waals surface area contributed by atoms with Crippen LogP contribution < -0.4 is 5.32 Å². The van der Waals surface area contributed by atoms with Crippen LogP contribution in [0.5, 0.6) is 0 Å². The number of hydrogen-bond donors (Lipinski definition) is 1. The van der Waals surface area contributed by atoms with Crippen molar-refractivity contribution in [2.45, 2.75) is 38.6 Å². The van der Waals surface area contributed by atoms with Gasteiger partial charge in [-0.15, -0.1) is 0 Å². The molecule has 132 valence electrons. The van der Waals surface area contributed by atoms with Crippen LogP contribution in [0.1, 0.15) is 42.2 Å². The SMILES string of the molecule is CCc1c(C(=O)NCC2CCN(C3CC3)C2)cnn1-c1ccccn1. The Morgan fingerprint density at radius 1 is 1.32 bits per heavy atom. The summed E-state index contributed by atoms with van der Waals surface area (Å²) in [6.07, 6.45) is 8.02. The van der Waals surface area contributed by atoms with E-state index in [1.54, 1.807) is 17.1 Å². The van der Waals surface area contributed by atoms with Gasteiger partial charge in [0.2, 0.25) is 0 Å². The van der Waals surface area contributed by atoms with Crippen LogP contribution in [0.15, 0.2) is 30.6 Å². The van der Waals surface area contributed by atoms with Gasteiger partial charge in [-0.1, -0.05) is 13.0 Å². The average Bonchev–Trinajstić information content (AvgIpc) is 3.23. The Kier molecular flexibility index (Phi) is 4.53. The van der Waals surface area contributed by atoms with E-state index in [-0.39, 0.29) is 5.91 Å². The highest BCUT2D eigenvalue weighted by Crippen LogP contribution is 2.31. The van der Waals surface area contributed by atoms with E-state index in [4.69, 9.17) is 0 Å². The summed E-state index contributed by atoms with van der Waals surface area (Å²) < 4.78 is 1.76. The molecule has 2 aliphatic rings. The van der Waals surface area contributed by atoms with Crippen molar-refractivity contribution >= 4 is 5.91 Å². The zero-order valence-corrected chi connectivity index (χ0v) is 14.7. The van der Waals surface area contributed by atoms with Crippen LogP contribution in [0.4, 0.5) is 0 Å². The lowest BCUT2D eigenvalue weighted by Crippen LogP contribution is -2.31. The molecule has 0 bridgehead atoms. The van der Waals surface area contributed by atoms with Crippen LogP contribution in [-0.2, 0) is 6.42 Å². The Morgan fingerprint density at radius 3 is 2.92 bits per heavy atom. The van der Waals surface area contributed by atoms with Crippen molar-refractivity contribution in [3.8, 4) is 5.82 Å². The molecular weight excluding hydrogens is 314 g/mol. The number of pyridine rings is 1. The number of hydrogen-bond acceptors (Lipinski definition) is 4. The summed E-state index contributed by atoms with van der Waals surface area (Å²) in [6, 6.07) is 6.52. The fraction of sp³-hybridized carbons (Fsp3) is 0.526. The van der Waals surface area contributed by atoms with Crippen LogP contribution in [-0.4, -0.2) is 51.2 Å². The second kappa shape index (κ2) is 6.96. The minimum absolute atomic E-state index is 0.0242. The Morgan fingerprint density at radius 2 is 2.20 bits per heavy atom. The third-order valence-electron chi connectivity index (χ3n) is 5.25. The average molecular weight is 339 g/mol. The summed E-state index contributed by atoms with van der Waals surface area (Å²) in [6.45, 7) is 5.10. The largest absolute Gasteiger partial charge is 0.352 e. The van der Waals surface area contributed by atoms with Gasteiger partial charge >= 0.3 is 0 Å². The first-order valence-electron chi connectivity index (χ1n) is 9.26. The highest BCUT2D eigenvalue weighted by atomic mass is 16.1. The molecule has 0 spiro atoms. The zero-order valence-electron chi connectivity index (χ0n) is 14.7. The molecule has 1 atom stereocenters. The van der Waals surface area contributed by atoms with Gasteiger partial charge in [0.05, 0.1) is 17.5 Å². The molecule has 2 fully saturated rings. The monoisotopic (exact) mass is 339 g/mol. The molecule has 6 heteroatoms. The zero-order chi connectivity index (χ0) is 17.2. The molecule has 1 saturated heterocycles. The number of rotatable bonds is 6. The number of aromatic nitrogens is 3. The lowest BCUT2D eigenvalue weighted by molar-refractivity contribution is 0.0946.